The Labute approximate surface area is 128 Å². The molecule has 116 valence electrons. The minimum atomic E-state index is -0.582. The average molecular weight is 288 g/mol. The molecule has 2 rings (SSSR count). The first-order valence-electron chi connectivity index (χ1n) is 8.03. The third kappa shape index (κ3) is 3.39. The summed E-state index contributed by atoms with van der Waals surface area (Å²) in [5.74, 6) is 0.451. The first-order chi connectivity index (χ1) is 9.89. The van der Waals surface area contributed by atoms with Gasteiger partial charge in [-0.2, -0.15) is 0 Å². The van der Waals surface area contributed by atoms with Crippen molar-refractivity contribution >= 4 is 11.6 Å². The van der Waals surface area contributed by atoms with Crippen LogP contribution in [0.1, 0.15) is 52.9 Å². The molecule has 1 fully saturated rings. The molecule has 0 unspecified atom stereocenters. The molecule has 0 atom stereocenters. The molecule has 0 aromatic heterocycles. The highest BCUT2D eigenvalue weighted by atomic mass is 16.1. The zero-order valence-corrected chi connectivity index (χ0v) is 13.5. The predicted octanol–water partition coefficient (Wildman–Crippen LogP) is 3.95. The van der Waals surface area contributed by atoms with E-state index in [1.165, 1.54) is 6.42 Å². The molecule has 1 saturated carbocycles. The van der Waals surface area contributed by atoms with Gasteiger partial charge in [0.2, 0.25) is 5.91 Å². The van der Waals surface area contributed by atoms with E-state index in [2.05, 4.69) is 26.1 Å². The van der Waals surface area contributed by atoms with Crippen LogP contribution < -0.4 is 11.1 Å². The number of nitrogens with two attached hydrogens (primary N) is 1. The summed E-state index contributed by atoms with van der Waals surface area (Å²) in [6, 6.07) is 9.91. The lowest BCUT2D eigenvalue weighted by Gasteiger charge is -2.44. The molecule has 0 spiro atoms. The number of anilines is 1. The molecule has 3 heteroatoms. The number of benzene rings is 1. The molecule has 1 amide bonds. The van der Waals surface area contributed by atoms with Crippen molar-refractivity contribution in [2.75, 3.05) is 5.32 Å². The van der Waals surface area contributed by atoms with E-state index < -0.39 is 5.54 Å². The van der Waals surface area contributed by atoms with E-state index in [0.717, 1.165) is 31.4 Å². The number of primary amides is 1. The zero-order chi connectivity index (χ0) is 15.5. The van der Waals surface area contributed by atoms with Crippen LogP contribution in [0.15, 0.2) is 30.3 Å². The second kappa shape index (κ2) is 6.08. The largest absolute Gasteiger partial charge is 0.371 e. The molecule has 3 nitrogen and oxygen atoms in total. The van der Waals surface area contributed by atoms with E-state index in [1.807, 2.05) is 30.3 Å². The van der Waals surface area contributed by atoms with Gasteiger partial charge in [-0.15, -0.1) is 0 Å². The maximum Gasteiger partial charge on any atom is 0.243 e. The van der Waals surface area contributed by atoms with Gasteiger partial charge in [0.25, 0.3) is 0 Å². The van der Waals surface area contributed by atoms with Gasteiger partial charge in [0.1, 0.15) is 5.54 Å². The molecule has 0 aliphatic heterocycles. The SMILES string of the molecule is CCC(C)(C)C1CCC(Nc2ccccc2)(C(N)=O)CC1. The van der Waals surface area contributed by atoms with Crippen molar-refractivity contribution < 1.29 is 4.79 Å². The zero-order valence-electron chi connectivity index (χ0n) is 13.5. The summed E-state index contributed by atoms with van der Waals surface area (Å²) in [5.41, 5.74) is 6.47. The van der Waals surface area contributed by atoms with E-state index in [4.69, 9.17) is 5.73 Å². The molecule has 1 aliphatic rings. The lowest BCUT2D eigenvalue weighted by molar-refractivity contribution is -0.124. The number of nitrogens with one attached hydrogen (secondary N) is 1. The maximum atomic E-state index is 12.1. The van der Waals surface area contributed by atoms with Crippen molar-refractivity contribution in [3.8, 4) is 0 Å². The fourth-order valence-electron chi connectivity index (χ4n) is 3.41. The van der Waals surface area contributed by atoms with E-state index in [9.17, 15) is 4.79 Å². The minimum Gasteiger partial charge on any atom is -0.371 e. The Kier molecular flexibility index (Phi) is 4.60. The van der Waals surface area contributed by atoms with Crippen LogP contribution in [-0.2, 0) is 4.79 Å². The first-order valence-corrected chi connectivity index (χ1v) is 8.03. The molecular formula is C18H28N2O. The normalized spacial score (nSPS) is 26.3. The fraction of sp³-hybridized carbons (Fsp3) is 0.611. The second-order valence-corrected chi connectivity index (χ2v) is 7.05. The number of hydrogen-bond acceptors (Lipinski definition) is 2. The summed E-state index contributed by atoms with van der Waals surface area (Å²) >= 11 is 0. The smallest absolute Gasteiger partial charge is 0.243 e. The summed E-state index contributed by atoms with van der Waals surface area (Å²) in [7, 11) is 0. The quantitative estimate of drug-likeness (QED) is 0.862. The van der Waals surface area contributed by atoms with Gasteiger partial charge >= 0.3 is 0 Å². The third-order valence-corrected chi connectivity index (χ3v) is 5.48. The molecule has 0 heterocycles. The number of carbonyl (C=O) groups excluding carboxylic acids is 1. The Bertz CT molecular complexity index is 473. The van der Waals surface area contributed by atoms with E-state index in [-0.39, 0.29) is 5.91 Å². The van der Waals surface area contributed by atoms with Gasteiger partial charge in [-0.3, -0.25) is 4.79 Å². The number of para-hydroxylation sites is 1. The summed E-state index contributed by atoms with van der Waals surface area (Å²) in [5, 5.41) is 3.41. The van der Waals surface area contributed by atoms with Crippen molar-refractivity contribution in [2.24, 2.45) is 17.1 Å². The van der Waals surface area contributed by atoms with Crippen LogP contribution in [0.2, 0.25) is 0 Å². The van der Waals surface area contributed by atoms with Crippen molar-refractivity contribution in [1.82, 2.24) is 0 Å². The average Bonchev–Trinajstić information content (AvgIpc) is 2.48. The van der Waals surface area contributed by atoms with Crippen molar-refractivity contribution in [1.29, 1.82) is 0 Å². The molecule has 1 aromatic rings. The summed E-state index contributed by atoms with van der Waals surface area (Å²) in [6.07, 6.45) is 4.94. The van der Waals surface area contributed by atoms with Gasteiger partial charge in [0, 0.05) is 5.69 Å². The molecule has 3 N–H and O–H groups in total. The highest BCUT2D eigenvalue weighted by molar-refractivity contribution is 5.88. The van der Waals surface area contributed by atoms with Gasteiger partial charge in [0.15, 0.2) is 0 Å². The highest BCUT2D eigenvalue weighted by Crippen LogP contribution is 2.44. The molecular weight excluding hydrogens is 260 g/mol. The molecule has 0 bridgehead atoms. The summed E-state index contributed by atoms with van der Waals surface area (Å²) < 4.78 is 0. The summed E-state index contributed by atoms with van der Waals surface area (Å²) in [6.45, 7) is 6.91. The van der Waals surface area contributed by atoms with Crippen molar-refractivity contribution in [3.63, 3.8) is 0 Å². The summed E-state index contributed by atoms with van der Waals surface area (Å²) in [4.78, 5) is 12.1. The van der Waals surface area contributed by atoms with Crippen LogP contribution in [0.25, 0.3) is 0 Å². The van der Waals surface area contributed by atoms with Gasteiger partial charge in [-0.05, 0) is 49.1 Å². The predicted molar refractivity (Wildman–Crippen MR) is 88.0 cm³/mol. The van der Waals surface area contributed by atoms with Crippen LogP contribution in [-0.4, -0.2) is 11.4 Å². The van der Waals surface area contributed by atoms with Crippen LogP contribution in [0.3, 0.4) is 0 Å². The fourth-order valence-corrected chi connectivity index (χ4v) is 3.41. The van der Waals surface area contributed by atoms with Gasteiger partial charge < -0.3 is 11.1 Å². The van der Waals surface area contributed by atoms with Crippen LogP contribution >= 0.6 is 0 Å². The molecule has 1 aliphatic carbocycles. The monoisotopic (exact) mass is 288 g/mol. The lowest BCUT2D eigenvalue weighted by atomic mass is 9.65. The van der Waals surface area contributed by atoms with Crippen molar-refractivity contribution in [3.05, 3.63) is 30.3 Å². The number of amides is 1. The van der Waals surface area contributed by atoms with Crippen LogP contribution in [0, 0.1) is 11.3 Å². The molecule has 1 aromatic carbocycles. The molecule has 0 radical (unpaired) electrons. The van der Waals surface area contributed by atoms with Crippen LogP contribution in [0.5, 0.6) is 0 Å². The minimum absolute atomic E-state index is 0.223. The Morgan fingerprint density at radius 3 is 2.33 bits per heavy atom. The maximum absolute atomic E-state index is 12.1. The molecule has 0 saturated heterocycles. The number of hydrogen-bond donors (Lipinski definition) is 2. The van der Waals surface area contributed by atoms with Crippen molar-refractivity contribution in [2.45, 2.75) is 58.4 Å². The Morgan fingerprint density at radius 2 is 1.86 bits per heavy atom. The van der Waals surface area contributed by atoms with E-state index in [1.54, 1.807) is 0 Å². The second-order valence-electron chi connectivity index (χ2n) is 7.05. The Morgan fingerprint density at radius 1 is 1.29 bits per heavy atom. The van der Waals surface area contributed by atoms with Crippen LogP contribution in [0.4, 0.5) is 5.69 Å². The topological polar surface area (TPSA) is 55.1 Å². The highest BCUT2D eigenvalue weighted by Gasteiger charge is 2.43. The third-order valence-electron chi connectivity index (χ3n) is 5.48. The van der Waals surface area contributed by atoms with E-state index >= 15 is 0 Å². The molecule has 21 heavy (non-hydrogen) atoms. The van der Waals surface area contributed by atoms with Gasteiger partial charge in [0.05, 0.1) is 0 Å². The standard InChI is InChI=1S/C18H28N2O/c1-4-17(2,3)14-10-12-18(13-11-14,16(19)21)20-15-8-6-5-7-9-15/h5-9,14,20H,4,10-13H2,1-3H3,(H2,19,21). The van der Waals surface area contributed by atoms with Gasteiger partial charge in [-0.1, -0.05) is 45.4 Å². The number of rotatable bonds is 5. The number of carbonyl (C=O) groups is 1. The lowest BCUT2D eigenvalue weighted by Crippen LogP contribution is -2.53. The van der Waals surface area contributed by atoms with E-state index in [0.29, 0.717) is 11.3 Å². The Balaban J connectivity index is 2.11. The first kappa shape index (κ1) is 15.9. The van der Waals surface area contributed by atoms with Gasteiger partial charge in [-0.25, -0.2) is 0 Å². The Hall–Kier alpha value is -1.51.